The zero-order valence-corrected chi connectivity index (χ0v) is 7.20. The van der Waals surface area contributed by atoms with Gasteiger partial charge in [0.15, 0.2) is 5.78 Å². The molecule has 4 heteroatoms. The van der Waals surface area contributed by atoms with Gasteiger partial charge in [0.25, 0.3) is 0 Å². The zero-order valence-electron chi connectivity index (χ0n) is 7.20. The molecule has 4 nitrogen and oxygen atoms in total. The number of carbonyl (C=O) groups excluding carboxylic acids is 1. The Labute approximate surface area is 71.1 Å². The van der Waals surface area contributed by atoms with Crippen molar-refractivity contribution in [3.05, 3.63) is 12.2 Å². The van der Waals surface area contributed by atoms with E-state index in [0.29, 0.717) is 0 Å². The molecule has 0 bridgehead atoms. The van der Waals surface area contributed by atoms with Crippen molar-refractivity contribution < 1.29 is 14.7 Å². The summed E-state index contributed by atoms with van der Waals surface area (Å²) in [5.41, 5.74) is 3.87. The van der Waals surface area contributed by atoms with E-state index < -0.39 is 11.5 Å². The van der Waals surface area contributed by atoms with Gasteiger partial charge < -0.3 is 10.8 Å². The molecular weight excluding hydrogens is 158 g/mol. The SMILES string of the molecule is C/C=C/C(=O)C[C@](C)(N)C(=O)O. The minimum absolute atomic E-state index is 0.174. The first-order valence-electron chi connectivity index (χ1n) is 3.58. The molecule has 0 aliphatic carbocycles. The van der Waals surface area contributed by atoms with Crippen molar-refractivity contribution in [2.45, 2.75) is 25.8 Å². The molecule has 0 saturated carbocycles. The van der Waals surface area contributed by atoms with E-state index in [9.17, 15) is 9.59 Å². The number of nitrogens with two attached hydrogens (primary N) is 1. The second-order valence-electron chi connectivity index (χ2n) is 2.87. The summed E-state index contributed by atoms with van der Waals surface area (Å²) < 4.78 is 0. The van der Waals surface area contributed by atoms with Gasteiger partial charge in [0.2, 0.25) is 0 Å². The van der Waals surface area contributed by atoms with Crippen LogP contribution in [0.25, 0.3) is 0 Å². The van der Waals surface area contributed by atoms with Crippen LogP contribution in [0, 0.1) is 0 Å². The van der Waals surface area contributed by atoms with Gasteiger partial charge in [0.05, 0.1) is 0 Å². The molecule has 0 rings (SSSR count). The molecule has 0 spiro atoms. The topological polar surface area (TPSA) is 80.4 Å². The molecule has 0 aliphatic heterocycles. The van der Waals surface area contributed by atoms with E-state index in [0.717, 1.165) is 0 Å². The van der Waals surface area contributed by atoms with E-state index in [1.54, 1.807) is 13.0 Å². The summed E-state index contributed by atoms with van der Waals surface area (Å²) >= 11 is 0. The maximum atomic E-state index is 10.9. The third kappa shape index (κ3) is 3.30. The number of rotatable bonds is 4. The van der Waals surface area contributed by atoms with Crippen molar-refractivity contribution in [1.29, 1.82) is 0 Å². The number of aliphatic carboxylic acids is 1. The number of allylic oxidation sites excluding steroid dienone is 2. The molecule has 0 aliphatic rings. The molecule has 0 fully saturated rings. The van der Waals surface area contributed by atoms with Gasteiger partial charge in [-0.25, -0.2) is 0 Å². The highest BCUT2D eigenvalue weighted by Gasteiger charge is 2.29. The molecule has 0 aromatic rings. The molecule has 12 heavy (non-hydrogen) atoms. The lowest BCUT2D eigenvalue weighted by Crippen LogP contribution is -2.46. The highest BCUT2D eigenvalue weighted by molar-refractivity contribution is 5.94. The Bertz CT molecular complexity index is 218. The van der Waals surface area contributed by atoms with Gasteiger partial charge in [-0.2, -0.15) is 0 Å². The summed E-state index contributed by atoms with van der Waals surface area (Å²) in [6.07, 6.45) is 2.70. The molecule has 0 amide bonds. The molecule has 3 N–H and O–H groups in total. The van der Waals surface area contributed by atoms with Crippen LogP contribution in [0.2, 0.25) is 0 Å². The van der Waals surface area contributed by atoms with Gasteiger partial charge >= 0.3 is 5.97 Å². The highest BCUT2D eigenvalue weighted by Crippen LogP contribution is 2.06. The lowest BCUT2D eigenvalue weighted by atomic mass is 9.97. The van der Waals surface area contributed by atoms with Gasteiger partial charge in [-0.3, -0.25) is 9.59 Å². The third-order valence-electron chi connectivity index (χ3n) is 1.38. The van der Waals surface area contributed by atoms with Gasteiger partial charge in [0.1, 0.15) is 5.54 Å². The first kappa shape index (κ1) is 10.8. The van der Waals surface area contributed by atoms with Crippen molar-refractivity contribution >= 4 is 11.8 Å². The molecule has 0 aromatic heterocycles. The second kappa shape index (κ2) is 4.01. The predicted molar refractivity (Wildman–Crippen MR) is 44.7 cm³/mol. The van der Waals surface area contributed by atoms with Crippen LogP contribution in [-0.4, -0.2) is 22.4 Å². The van der Waals surface area contributed by atoms with E-state index in [2.05, 4.69) is 0 Å². The minimum atomic E-state index is -1.46. The molecule has 0 saturated heterocycles. The summed E-state index contributed by atoms with van der Waals surface area (Å²) in [4.78, 5) is 21.4. The normalized spacial score (nSPS) is 15.9. The predicted octanol–water partition coefficient (Wildman–Crippen LogP) is 0.324. The quantitative estimate of drug-likeness (QED) is 0.597. The monoisotopic (exact) mass is 171 g/mol. The van der Waals surface area contributed by atoms with Crippen LogP contribution < -0.4 is 5.73 Å². The lowest BCUT2D eigenvalue weighted by molar-refractivity contribution is -0.144. The fraction of sp³-hybridized carbons (Fsp3) is 0.500. The maximum Gasteiger partial charge on any atom is 0.323 e. The van der Waals surface area contributed by atoms with Gasteiger partial charge in [-0.15, -0.1) is 0 Å². The third-order valence-corrected chi connectivity index (χ3v) is 1.38. The molecule has 0 heterocycles. The first-order chi connectivity index (χ1) is 5.40. The van der Waals surface area contributed by atoms with E-state index in [4.69, 9.17) is 10.8 Å². The fourth-order valence-electron chi connectivity index (χ4n) is 0.682. The Hall–Kier alpha value is -1.16. The van der Waals surface area contributed by atoms with E-state index >= 15 is 0 Å². The minimum Gasteiger partial charge on any atom is -0.480 e. The molecule has 68 valence electrons. The van der Waals surface area contributed by atoms with Crippen LogP contribution >= 0.6 is 0 Å². The van der Waals surface area contributed by atoms with Crippen LogP contribution in [-0.2, 0) is 9.59 Å². The largest absolute Gasteiger partial charge is 0.480 e. The average molecular weight is 171 g/mol. The van der Waals surface area contributed by atoms with Crippen molar-refractivity contribution in [3.8, 4) is 0 Å². The molecule has 0 radical (unpaired) electrons. The van der Waals surface area contributed by atoms with Gasteiger partial charge in [0, 0.05) is 6.42 Å². The van der Waals surface area contributed by atoms with Crippen LogP contribution in [0.3, 0.4) is 0 Å². The molecular formula is C8H13NO3. The summed E-state index contributed by atoms with van der Waals surface area (Å²) in [6, 6.07) is 0. The number of hydrogen-bond acceptors (Lipinski definition) is 3. The van der Waals surface area contributed by atoms with Crippen molar-refractivity contribution in [3.63, 3.8) is 0 Å². The number of carboxylic acid groups (broad SMARTS) is 1. The average Bonchev–Trinajstić information content (AvgIpc) is 1.85. The van der Waals surface area contributed by atoms with Crippen LogP contribution in [0.1, 0.15) is 20.3 Å². The van der Waals surface area contributed by atoms with Crippen LogP contribution in [0.4, 0.5) is 0 Å². The Morgan fingerprint density at radius 1 is 1.58 bits per heavy atom. The van der Waals surface area contributed by atoms with Crippen molar-refractivity contribution in [2.75, 3.05) is 0 Å². The standard InChI is InChI=1S/C8H13NO3/c1-3-4-6(10)5-8(2,9)7(11)12/h3-4H,5,9H2,1-2H3,(H,11,12)/b4-3+/t8-/m0/s1. The Balaban J connectivity index is 4.25. The lowest BCUT2D eigenvalue weighted by Gasteiger charge is -2.16. The van der Waals surface area contributed by atoms with Crippen LogP contribution in [0.15, 0.2) is 12.2 Å². The summed E-state index contributed by atoms with van der Waals surface area (Å²) in [5, 5.41) is 8.56. The fourth-order valence-corrected chi connectivity index (χ4v) is 0.682. The summed E-state index contributed by atoms with van der Waals surface area (Å²) in [7, 11) is 0. The highest BCUT2D eigenvalue weighted by atomic mass is 16.4. The summed E-state index contributed by atoms with van der Waals surface area (Å²) in [5.74, 6) is -1.44. The Kier molecular flexibility index (Phi) is 3.63. The number of ketones is 1. The Morgan fingerprint density at radius 2 is 2.08 bits per heavy atom. The first-order valence-corrected chi connectivity index (χ1v) is 3.58. The van der Waals surface area contributed by atoms with Gasteiger partial charge in [-0.05, 0) is 19.9 Å². The second-order valence-corrected chi connectivity index (χ2v) is 2.87. The van der Waals surface area contributed by atoms with Gasteiger partial charge in [-0.1, -0.05) is 6.08 Å². The van der Waals surface area contributed by atoms with E-state index in [-0.39, 0.29) is 12.2 Å². The number of carbonyl (C=O) groups is 2. The summed E-state index contributed by atoms with van der Waals surface area (Å²) in [6.45, 7) is 3.00. The maximum absolute atomic E-state index is 10.9. The Morgan fingerprint density at radius 3 is 2.42 bits per heavy atom. The number of hydrogen-bond donors (Lipinski definition) is 2. The van der Waals surface area contributed by atoms with E-state index in [1.807, 2.05) is 0 Å². The van der Waals surface area contributed by atoms with E-state index in [1.165, 1.54) is 13.0 Å². The molecule has 0 aromatic carbocycles. The van der Waals surface area contributed by atoms with Crippen molar-refractivity contribution in [2.24, 2.45) is 5.73 Å². The zero-order chi connectivity index (χ0) is 9.78. The molecule has 1 atom stereocenters. The van der Waals surface area contributed by atoms with Crippen molar-refractivity contribution in [1.82, 2.24) is 0 Å². The smallest absolute Gasteiger partial charge is 0.323 e. The number of carboxylic acids is 1. The molecule has 0 unspecified atom stereocenters. The van der Waals surface area contributed by atoms with Crippen LogP contribution in [0.5, 0.6) is 0 Å².